The van der Waals surface area contributed by atoms with Crippen LogP contribution in [0.4, 0.5) is 0 Å². The number of carbonyl (C=O) groups excluding carboxylic acids is 3. The van der Waals surface area contributed by atoms with Gasteiger partial charge in [0.25, 0.3) is 5.91 Å². The first kappa shape index (κ1) is 26.1. The summed E-state index contributed by atoms with van der Waals surface area (Å²) < 4.78 is 12.1. The van der Waals surface area contributed by atoms with E-state index < -0.39 is 11.9 Å². The molecule has 0 spiro atoms. The molecule has 3 N–H and O–H groups in total. The molecule has 2 aromatic carbocycles. The van der Waals surface area contributed by atoms with Crippen LogP contribution in [0.1, 0.15) is 32.7 Å². The molecule has 196 valence electrons. The maximum Gasteiger partial charge on any atom is 0.335 e. The number of likely N-dealkylation sites (N-methyl/N-ethyl adjacent to an activating group) is 1. The van der Waals surface area contributed by atoms with Gasteiger partial charge in [0.15, 0.2) is 0 Å². The van der Waals surface area contributed by atoms with E-state index in [0.717, 1.165) is 5.56 Å². The number of nitrogens with one attached hydrogen (secondary N) is 2. The standard InChI is InChI=1S/C26H30N4O7/c1-29(2)24(32)14-30-12-21-22(13-30)36-15-16-4-3-5-19(8-16)37-20-10-17(9-18(11-20)26(34)35)25(33)27-7-6-23(31)28-21/h3-5,8-11,21-22H,6-7,12-15H2,1-2H3,(H,27,33)(H,28,31)(H,34,35)/t21-,22-/m0/s1. The Bertz CT molecular complexity index is 1200. The van der Waals surface area contributed by atoms with Crippen LogP contribution in [-0.2, 0) is 20.9 Å². The molecule has 0 saturated carbocycles. The largest absolute Gasteiger partial charge is 0.478 e. The van der Waals surface area contributed by atoms with Crippen LogP contribution in [0.25, 0.3) is 0 Å². The van der Waals surface area contributed by atoms with E-state index in [2.05, 4.69) is 10.6 Å². The van der Waals surface area contributed by atoms with E-state index in [0.29, 0.717) is 18.8 Å². The van der Waals surface area contributed by atoms with Crippen molar-refractivity contribution in [3.63, 3.8) is 0 Å². The second-order valence-corrected chi connectivity index (χ2v) is 9.31. The van der Waals surface area contributed by atoms with Gasteiger partial charge in [-0.3, -0.25) is 19.3 Å². The van der Waals surface area contributed by atoms with Gasteiger partial charge in [-0.05, 0) is 35.9 Å². The summed E-state index contributed by atoms with van der Waals surface area (Å²) in [4.78, 5) is 52.7. The molecule has 0 unspecified atom stereocenters. The number of likely N-dealkylation sites (tertiary alicyclic amines) is 1. The molecule has 0 aromatic heterocycles. The van der Waals surface area contributed by atoms with Crippen LogP contribution in [0.3, 0.4) is 0 Å². The van der Waals surface area contributed by atoms with Gasteiger partial charge in [-0.1, -0.05) is 12.1 Å². The fraction of sp³-hybridized carbons (Fsp3) is 0.385. The van der Waals surface area contributed by atoms with Crippen molar-refractivity contribution >= 4 is 23.7 Å². The Morgan fingerprint density at radius 2 is 1.92 bits per heavy atom. The van der Waals surface area contributed by atoms with Gasteiger partial charge in [0, 0.05) is 45.7 Å². The number of carboxylic acids is 1. The number of fused-ring (bicyclic) bond motifs is 5. The van der Waals surface area contributed by atoms with Gasteiger partial charge in [0.1, 0.15) is 11.5 Å². The van der Waals surface area contributed by atoms with E-state index in [4.69, 9.17) is 9.47 Å². The van der Waals surface area contributed by atoms with E-state index in [1.165, 1.54) is 23.1 Å². The highest BCUT2D eigenvalue weighted by Crippen LogP contribution is 2.26. The fourth-order valence-corrected chi connectivity index (χ4v) is 4.24. The zero-order valence-corrected chi connectivity index (χ0v) is 20.7. The number of amides is 3. The van der Waals surface area contributed by atoms with Crippen LogP contribution in [-0.4, -0.2) is 91.0 Å². The van der Waals surface area contributed by atoms with E-state index in [1.807, 2.05) is 11.0 Å². The second kappa shape index (κ2) is 11.4. The molecule has 2 aliphatic heterocycles. The first-order valence-corrected chi connectivity index (χ1v) is 11.9. The topological polar surface area (TPSA) is 138 Å². The lowest BCUT2D eigenvalue weighted by molar-refractivity contribution is -0.129. The molecule has 11 heteroatoms. The van der Waals surface area contributed by atoms with E-state index in [-0.39, 0.29) is 67.0 Å². The smallest absolute Gasteiger partial charge is 0.335 e. The average Bonchev–Trinajstić information content (AvgIpc) is 3.22. The molecule has 11 nitrogen and oxygen atoms in total. The molecule has 0 aliphatic carbocycles. The Morgan fingerprint density at radius 1 is 1.11 bits per heavy atom. The molecule has 1 saturated heterocycles. The van der Waals surface area contributed by atoms with Gasteiger partial charge < -0.3 is 30.1 Å². The second-order valence-electron chi connectivity index (χ2n) is 9.31. The van der Waals surface area contributed by atoms with Crippen LogP contribution in [0.5, 0.6) is 11.5 Å². The maximum atomic E-state index is 12.7. The number of nitrogens with zero attached hydrogens (tertiary/aromatic N) is 2. The van der Waals surface area contributed by atoms with Crippen molar-refractivity contribution in [1.29, 1.82) is 0 Å². The molecule has 2 aromatic rings. The normalized spacial score (nSPS) is 20.6. The highest BCUT2D eigenvalue weighted by atomic mass is 16.5. The lowest BCUT2D eigenvalue weighted by Crippen LogP contribution is -2.45. The lowest BCUT2D eigenvalue weighted by atomic mass is 10.1. The van der Waals surface area contributed by atoms with Crippen LogP contribution in [0, 0.1) is 0 Å². The Morgan fingerprint density at radius 3 is 2.68 bits per heavy atom. The first-order chi connectivity index (χ1) is 17.7. The van der Waals surface area contributed by atoms with E-state index in [1.54, 1.807) is 32.3 Å². The molecule has 37 heavy (non-hydrogen) atoms. The van der Waals surface area contributed by atoms with E-state index >= 15 is 0 Å². The predicted octanol–water partition coefficient (Wildman–Crippen LogP) is 1.08. The Kier molecular flexibility index (Phi) is 8.04. The third-order valence-corrected chi connectivity index (χ3v) is 6.20. The monoisotopic (exact) mass is 510 g/mol. The van der Waals surface area contributed by atoms with Crippen LogP contribution < -0.4 is 15.4 Å². The molecule has 1 fully saturated rings. The van der Waals surface area contributed by atoms with Crippen molar-refractivity contribution in [2.45, 2.75) is 25.2 Å². The SMILES string of the molecule is CN(C)C(=O)CN1C[C@@H]2NC(=O)CCNC(=O)c3cc(cc(C(=O)O)c3)Oc3cccc(c3)CO[C@H]2C1. The van der Waals surface area contributed by atoms with Gasteiger partial charge in [-0.2, -0.15) is 0 Å². The highest BCUT2D eigenvalue weighted by molar-refractivity contribution is 5.98. The molecular formula is C26H30N4O7. The minimum Gasteiger partial charge on any atom is -0.478 e. The van der Waals surface area contributed by atoms with Crippen molar-refractivity contribution in [2.24, 2.45) is 0 Å². The zero-order chi connectivity index (χ0) is 26.5. The molecule has 2 atom stereocenters. The summed E-state index contributed by atoms with van der Waals surface area (Å²) in [5, 5.41) is 15.1. The first-order valence-electron chi connectivity index (χ1n) is 11.9. The number of rotatable bonds is 3. The summed E-state index contributed by atoms with van der Waals surface area (Å²) in [5.74, 6) is -1.37. The molecule has 4 bridgehead atoms. The van der Waals surface area contributed by atoms with Gasteiger partial charge in [-0.25, -0.2) is 4.79 Å². The van der Waals surface area contributed by atoms with Gasteiger partial charge in [0.2, 0.25) is 11.8 Å². The summed E-state index contributed by atoms with van der Waals surface area (Å²) in [6.07, 6.45) is -0.323. The van der Waals surface area contributed by atoms with Gasteiger partial charge in [0.05, 0.1) is 30.9 Å². The summed E-state index contributed by atoms with van der Waals surface area (Å²) >= 11 is 0. The number of carboxylic acid groups (broad SMARTS) is 1. The third kappa shape index (κ3) is 6.83. The van der Waals surface area contributed by atoms with Crippen LogP contribution >= 0.6 is 0 Å². The van der Waals surface area contributed by atoms with Crippen molar-refractivity contribution in [1.82, 2.24) is 20.4 Å². The molecule has 2 heterocycles. The highest BCUT2D eigenvalue weighted by Gasteiger charge is 2.35. The van der Waals surface area contributed by atoms with Gasteiger partial charge in [-0.15, -0.1) is 0 Å². The third-order valence-electron chi connectivity index (χ3n) is 6.20. The summed E-state index contributed by atoms with van der Waals surface area (Å²) in [7, 11) is 3.39. The van der Waals surface area contributed by atoms with Gasteiger partial charge >= 0.3 is 5.97 Å². The van der Waals surface area contributed by atoms with Crippen LogP contribution in [0.15, 0.2) is 42.5 Å². The van der Waals surface area contributed by atoms with Crippen molar-refractivity contribution in [3.05, 3.63) is 59.2 Å². The van der Waals surface area contributed by atoms with Crippen molar-refractivity contribution in [3.8, 4) is 11.5 Å². The Hall–Kier alpha value is -3.96. The number of hydrogen-bond donors (Lipinski definition) is 3. The minimum absolute atomic E-state index is 0.0222. The molecule has 3 amide bonds. The Balaban J connectivity index is 1.58. The van der Waals surface area contributed by atoms with E-state index in [9.17, 15) is 24.3 Å². The van der Waals surface area contributed by atoms with Crippen LogP contribution in [0.2, 0.25) is 0 Å². The number of benzene rings is 2. The fourth-order valence-electron chi connectivity index (χ4n) is 4.24. The minimum atomic E-state index is -1.19. The number of hydrogen-bond acceptors (Lipinski definition) is 7. The molecular weight excluding hydrogens is 480 g/mol. The summed E-state index contributed by atoms with van der Waals surface area (Å²) in [5.41, 5.74) is 0.821. The lowest BCUT2D eigenvalue weighted by Gasteiger charge is -2.20. The summed E-state index contributed by atoms with van der Waals surface area (Å²) in [6.45, 7) is 1.44. The summed E-state index contributed by atoms with van der Waals surface area (Å²) in [6, 6.07) is 10.9. The number of carbonyl (C=O) groups is 4. The molecule has 0 radical (unpaired) electrons. The average molecular weight is 511 g/mol. The quantitative estimate of drug-likeness (QED) is 0.558. The zero-order valence-electron chi connectivity index (χ0n) is 20.7. The molecule has 2 aliphatic rings. The predicted molar refractivity (Wildman–Crippen MR) is 133 cm³/mol. The van der Waals surface area contributed by atoms with Crippen molar-refractivity contribution in [2.75, 3.05) is 40.3 Å². The Labute approximate surface area is 214 Å². The molecule has 4 rings (SSSR count). The number of aromatic carboxylic acids is 1. The maximum absolute atomic E-state index is 12.7. The number of ether oxygens (including phenoxy) is 2. The van der Waals surface area contributed by atoms with Crippen molar-refractivity contribution < 1.29 is 33.8 Å².